The van der Waals surface area contributed by atoms with Crippen LogP contribution in [0.25, 0.3) is 22.4 Å². The Bertz CT molecular complexity index is 1420. The predicted molar refractivity (Wildman–Crippen MR) is 148 cm³/mol. The standard InChI is InChI=1S/C30H30ClN5O2/c1-30(2,3)38-29(37)34-25(17-21-8-5-4-6-9-21)20-36-26(18-31)27(23-12-14-33-15-13-23)28(35-36)24-11-7-10-22(16-24)19-32/h4-16,25H,17-18,20H2,1-3H3,(H,34,37)/t25-/m1/s1. The van der Waals surface area contributed by atoms with E-state index < -0.39 is 11.7 Å². The van der Waals surface area contributed by atoms with Crippen LogP contribution >= 0.6 is 11.6 Å². The molecule has 0 radical (unpaired) electrons. The molecular formula is C30H30ClN5O2. The number of nitrogens with zero attached hydrogens (tertiary/aromatic N) is 4. The number of carbonyl (C=O) groups is 1. The second kappa shape index (κ2) is 11.9. The molecule has 8 heteroatoms. The second-order valence-electron chi connectivity index (χ2n) is 9.95. The maximum atomic E-state index is 12.8. The molecule has 2 heterocycles. The van der Waals surface area contributed by atoms with E-state index >= 15 is 0 Å². The summed E-state index contributed by atoms with van der Waals surface area (Å²) in [6.45, 7) is 5.87. The number of hydrogen-bond donors (Lipinski definition) is 1. The number of alkyl halides is 1. The molecule has 0 aliphatic heterocycles. The van der Waals surface area contributed by atoms with Crippen molar-refractivity contribution in [2.24, 2.45) is 0 Å². The third kappa shape index (κ3) is 6.78. The van der Waals surface area contributed by atoms with Crippen molar-refractivity contribution in [3.05, 3.63) is 95.9 Å². The molecular weight excluding hydrogens is 498 g/mol. The van der Waals surface area contributed by atoms with Crippen molar-refractivity contribution in [1.82, 2.24) is 20.1 Å². The normalized spacial score (nSPS) is 12.0. The van der Waals surface area contributed by atoms with Crippen LogP contribution < -0.4 is 5.32 Å². The van der Waals surface area contributed by atoms with Gasteiger partial charge in [0.2, 0.25) is 0 Å². The van der Waals surface area contributed by atoms with E-state index in [1.54, 1.807) is 18.5 Å². The van der Waals surface area contributed by atoms with E-state index in [0.29, 0.717) is 24.2 Å². The van der Waals surface area contributed by atoms with Gasteiger partial charge in [-0.2, -0.15) is 10.4 Å². The zero-order valence-electron chi connectivity index (χ0n) is 21.7. The molecule has 0 spiro atoms. The molecule has 0 aliphatic carbocycles. The SMILES string of the molecule is CC(C)(C)OC(=O)N[C@H](Cc1ccccc1)Cn1nc(-c2cccc(C#N)c2)c(-c2ccncc2)c1CCl. The van der Waals surface area contributed by atoms with Gasteiger partial charge in [-0.05, 0) is 62.6 Å². The number of carbonyl (C=O) groups excluding carboxylic acids is 1. The van der Waals surface area contributed by atoms with Crippen molar-refractivity contribution in [2.45, 2.75) is 51.3 Å². The third-order valence-corrected chi connectivity index (χ3v) is 6.11. The Morgan fingerprint density at radius 3 is 2.47 bits per heavy atom. The molecule has 38 heavy (non-hydrogen) atoms. The van der Waals surface area contributed by atoms with Gasteiger partial charge in [0.15, 0.2) is 0 Å². The fraction of sp³-hybridized carbons (Fsp3) is 0.267. The van der Waals surface area contributed by atoms with Gasteiger partial charge in [0.1, 0.15) is 11.3 Å². The molecule has 4 aromatic rings. The summed E-state index contributed by atoms with van der Waals surface area (Å²) < 4.78 is 7.40. The first-order valence-electron chi connectivity index (χ1n) is 12.4. The average molecular weight is 528 g/mol. The molecule has 1 N–H and O–H groups in total. The molecule has 4 rings (SSSR count). The lowest BCUT2D eigenvalue weighted by Crippen LogP contribution is -2.42. The Labute approximate surface area is 228 Å². The van der Waals surface area contributed by atoms with Crippen molar-refractivity contribution in [1.29, 1.82) is 5.26 Å². The quantitative estimate of drug-likeness (QED) is 0.269. The Morgan fingerprint density at radius 1 is 1.08 bits per heavy atom. The van der Waals surface area contributed by atoms with Crippen molar-refractivity contribution in [3.8, 4) is 28.5 Å². The third-order valence-electron chi connectivity index (χ3n) is 5.86. The summed E-state index contributed by atoms with van der Waals surface area (Å²) in [4.78, 5) is 16.9. The van der Waals surface area contributed by atoms with Crippen LogP contribution in [0.1, 0.15) is 37.6 Å². The lowest BCUT2D eigenvalue weighted by atomic mass is 9.99. The fourth-order valence-corrected chi connectivity index (χ4v) is 4.56. The minimum atomic E-state index is -0.623. The van der Waals surface area contributed by atoms with Crippen LogP contribution in [0.4, 0.5) is 4.79 Å². The van der Waals surface area contributed by atoms with Gasteiger partial charge in [-0.1, -0.05) is 42.5 Å². The number of amides is 1. The fourth-order valence-electron chi connectivity index (χ4n) is 4.29. The van der Waals surface area contributed by atoms with Gasteiger partial charge in [0.25, 0.3) is 0 Å². The molecule has 194 valence electrons. The molecule has 7 nitrogen and oxygen atoms in total. The molecule has 0 saturated heterocycles. The Hall–Kier alpha value is -4.15. The summed E-state index contributed by atoms with van der Waals surface area (Å²) in [5, 5.41) is 17.5. The lowest BCUT2D eigenvalue weighted by Gasteiger charge is -2.24. The minimum Gasteiger partial charge on any atom is -0.444 e. The number of hydrogen-bond acceptors (Lipinski definition) is 5. The van der Waals surface area contributed by atoms with E-state index in [9.17, 15) is 10.1 Å². The van der Waals surface area contributed by atoms with E-state index in [1.165, 1.54) is 0 Å². The molecule has 0 unspecified atom stereocenters. The Morgan fingerprint density at radius 2 is 1.82 bits per heavy atom. The van der Waals surface area contributed by atoms with Crippen molar-refractivity contribution < 1.29 is 9.53 Å². The highest BCUT2D eigenvalue weighted by atomic mass is 35.5. The second-order valence-corrected chi connectivity index (χ2v) is 10.2. The topological polar surface area (TPSA) is 92.8 Å². The van der Waals surface area contributed by atoms with E-state index in [1.807, 2.05) is 86.1 Å². The summed E-state index contributed by atoms with van der Waals surface area (Å²) in [5.74, 6) is 0.201. The van der Waals surface area contributed by atoms with Crippen LogP contribution in [0.5, 0.6) is 0 Å². The number of rotatable bonds is 8. The van der Waals surface area contributed by atoms with Crippen molar-refractivity contribution in [3.63, 3.8) is 0 Å². The van der Waals surface area contributed by atoms with Gasteiger partial charge in [-0.15, -0.1) is 11.6 Å². The largest absolute Gasteiger partial charge is 0.444 e. The molecule has 0 aliphatic rings. The highest BCUT2D eigenvalue weighted by Gasteiger charge is 2.25. The molecule has 1 atom stereocenters. The first-order chi connectivity index (χ1) is 18.3. The maximum absolute atomic E-state index is 12.8. The zero-order valence-corrected chi connectivity index (χ0v) is 22.4. The van der Waals surface area contributed by atoms with E-state index in [4.69, 9.17) is 21.4 Å². The summed E-state index contributed by atoms with van der Waals surface area (Å²) >= 11 is 6.54. The number of aromatic nitrogens is 3. The molecule has 0 fully saturated rings. The van der Waals surface area contributed by atoms with Gasteiger partial charge in [0.05, 0.1) is 35.8 Å². The number of alkyl carbamates (subject to hydrolysis) is 1. The number of halogens is 1. The monoisotopic (exact) mass is 527 g/mol. The number of pyridine rings is 1. The molecule has 2 aromatic heterocycles. The average Bonchev–Trinajstić information content (AvgIpc) is 3.26. The summed E-state index contributed by atoms with van der Waals surface area (Å²) in [6, 6.07) is 23.0. The lowest BCUT2D eigenvalue weighted by molar-refractivity contribution is 0.0498. The number of nitrogens with one attached hydrogen (secondary N) is 1. The van der Waals surface area contributed by atoms with Crippen LogP contribution in [0.3, 0.4) is 0 Å². The minimum absolute atomic E-state index is 0.201. The van der Waals surface area contributed by atoms with Crippen LogP contribution in [0.15, 0.2) is 79.1 Å². The Kier molecular flexibility index (Phi) is 8.45. The van der Waals surface area contributed by atoms with E-state index in [0.717, 1.165) is 27.9 Å². The summed E-state index contributed by atoms with van der Waals surface area (Å²) in [6.07, 6.45) is 3.53. The van der Waals surface area contributed by atoms with E-state index in [-0.39, 0.29) is 11.9 Å². The van der Waals surface area contributed by atoms with Crippen LogP contribution in [-0.4, -0.2) is 32.5 Å². The summed E-state index contributed by atoms with van der Waals surface area (Å²) in [5.41, 5.74) is 5.09. The van der Waals surface area contributed by atoms with Crippen LogP contribution in [0, 0.1) is 11.3 Å². The van der Waals surface area contributed by atoms with Crippen molar-refractivity contribution in [2.75, 3.05) is 0 Å². The van der Waals surface area contributed by atoms with Gasteiger partial charge in [-0.3, -0.25) is 9.67 Å². The highest BCUT2D eigenvalue weighted by Crippen LogP contribution is 2.35. The zero-order chi connectivity index (χ0) is 27.1. The first-order valence-corrected chi connectivity index (χ1v) is 12.9. The summed E-state index contributed by atoms with van der Waals surface area (Å²) in [7, 11) is 0. The number of ether oxygens (including phenoxy) is 1. The van der Waals surface area contributed by atoms with Gasteiger partial charge >= 0.3 is 6.09 Å². The molecule has 1 amide bonds. The van der Waals surface area contributed by atoms with Gasteiger partial charge in [-0.25, -0.2) is 4.79 Å². The highest BCUT2D eigenvalue weighted by molar-refractivity contribution is 6.17. The molecule has 2 aromatic carbocycles. The van der Waals surface area contributed by atoms with E-state index in [2.05, 4.69) is 16.4 Å². The van der Waals surface area contributed by atoms with Crippen LogP contribution in [-0.2, 0) is 23.6 Å². The van der Waals surface area contributed by atoms with Gasteiger partial charge < -0.3 is 10.1 Å². The maximum Gasteiger partial charge on any atom is 0.407 e. The molecule has 0 saturated carbocycles. The van der Waals surface area contributed by atoms with Crippen molar-refractivity contribution >= 4 is 17.7 Å². The number of nitriles is 1. The molecule has 0 bridgehead atoms. The van der Waals surface area contributed by atoms with Crippen LogP contribution in [0.2, 0.25) is 0 Å². The van der Waals surface area contributed by atoms with Gasteiger partial charge in [0, 0.05) is 23.5 Å². The Balaban J connectivity index is 1.78. The number of benzene rings is 2. The smallest absolute Gasteiger partial charge is 0.407 e. The first kappa shape index (κ1) is 26.9. The predicted octanol–water partition coefficient (Wildman–Crippen LogP) is 6.36.